The fourth-order valence-electron chi connectivity index (χ4n) is 3.51. The molecule has 1 fully saturated rings. The van der Waals surface area contributed by atoms with Gasteiger partial charge < -0.3 is 19.8 Å². The zero-order valence-corrected chi connectivity index (χ0v) is 15.6. The topological polar surface area (TPSA) is 49.5 Å². The van der Waals surface area contributed by atoms with Crippen LogP contribution >= 0.6 is 0 Å². The van der Waals surface area contributed by atoms with Crippen molar-refractivity contribution in [2.24, 2.45) is 0 Å². The predicted octanol–water partition coefficient (Wildman–Crippen LogP) is 3.17. The number of nitrogens with one attached hydrogen (secondary N) is 2. The molecule has 1 aliphatic heterocycles. The van der Waals surface area contributed by atoms with E-state index in [-0.39, 0.29) is 0 Å². The summed E-state index contributed by atoms with van der Waals surface area (Å²) in [6.45, 7) is 7.00. The molecule has 5 heteroatoms. The first-order chi connectivity index (χ1) is 13.4. The molecule has 0 aliphatic carbocycles. The number of H-pyrrole nitrogens is 1. The van der Waals surface area contributed by atoms with E-state index in [9.17, 15) is 0 Å². The van der Waals surface area contributed by atoms with Gasteiger partial charge in [0.25, 0.3) is 0 Å². The molecule has 27 heavy (non-hydrogen) atoms. The normalized spacial score (nSPS) is 15.3. The molecule has 0 atom stereocenters. The van der Waals surface area contributed by atoms with Gasteiger partial charge in [0.05, 0.1) is 13.2 Å². The number of benzene rings is 2. The van der Waals surface area contributed by atoms with E-state index in [1.54, 1.807) is 0 Å². The van der Waals surface area contributed by atoms with E-state index in [0.717, 1.165) is 51.7 Å². The van der Waals surface area contributed by atoms with Crippen LogP contribution in [-0.2, 0) is 17.8 Å². The van der Waals surface area contributed by atoms with Crippen molar-refractivity contribution in [3.8, 4) is 5.75 Å². The van der Waals surface area contributed by atoms with Gasteiger partial charge in [0.15, 0.2) is 0 Å². The SMILES string of the molecule is c1cc(CNCc2cccc3[nH]ccc23)cc(OCCN2CCOCC2)c1. The second kappa shape index (κ2) is 9.04. The predicted molar refractivity (Wildman–Crippen MR) is 108 cm³/mol. The number of nitrogens with zero attached hydrogens (tertiary/aromatic N) is 1. The number of ether oxygens (including phenoxy) is 2. The largest absolute Gasteiger partial charge is 0.492 e. The molecule has 1 aromatic heterocycles. The van der Waals surface area contributed by atoms with Gasteiger partial charge in [0.2, 0.25) is 0 Å². The maximum absolute atomic E-state index is 5.95. The van der Waals surface area contributed by atoms with Crippen molar-refractivity contribution in [1.82, 2.24) is 15.2 Å². The number of fused-ring (bicyclic) bond motifs is 1. The molecule has 4 rings (SSSR count). The molecular weight excluding hydrogens is 338 g/mol. The van der Waals surface area contributed by atoms with E-state index in [1.165, 1.54) is 22.0 Å². The maximum atomic E-state index is 5.95. The molecular formula is C22H27N3O2. The van der Waals surface area contributed by atoms with Crippen molar-refractivity contribution in [1.29, 1.82) is 0 Å². The lowest BCUT2D eigenvalue weighted by Gasteiger charge is -2.26. The van der Waals surface area contributed by atoms with Crippen LogP contribution in [0.5, 0.6) is 5.75 Å². The van der Waals surface area contributed by atoms with E-state index < -0.39 is 0 Å². The van der Waals surface area contributed by atoms with Gasteiger partial charge >= 0.3 is 0 Å². The number of hydrogen-bond acceptors (Lipinski definition) is 4. The number of aromatic amines is 1. The molecule has 2 heterocycles. The first kappa shape index (κ1) is 18.0. The highest BCUT2D eigenvalue weighted by Crippen LogP contribution is 2.18. The van der Waals surface area contributed by atoms with Gasteiger partial charge in [-0.05, 0) is 35.4 Å². The average molecular weight is 365 g/mol. The highest BCUT2D eigenvalue weighted by molar-refractivity contribution is 5.82. The summed E-state index contributed by atoms with van der Waals surface area (Å²) in [5.74, 6) is 0.940. The van der Waals surface area contributed by atoms with E-state index >= 15 is 0 Å². The molecule has 1 saturated heterocycles. The van der Waals surface area contributed by atoms with Crippen LogP contribution in [0.4, 0.5) is 0 Å². The number of hydrogen-bond donors (Lipinski definition) is 2. The fraction of sp³-hybridized carbons (Fsp3) is 0.364. The van der Waals surface area contributed by atoms with E-state index in [2.05, 4.69) is 57.7 Å². The van der Waals surface area contributed by atoms with Crippen molar-refractivity contribution in [2.75, 3.05) is 39.5 Å². The van der Waals surface area contributed by atoms with E-state index in [4.69, 9.17) is 9.47 Å². The third kappa shape index (κ3) is 4.89. The Kier molecular flexibility index (Phi) is 6.04. The van der Waals surface area contributed by atoms with Gasteiger partial charge in [-0.25, -0.2) is 0 Å². The van der Waals surface area contributed by atoms with Gasteiger partial charge in [-0.15, -0.1) is 0 Å². The molecule has 5 nitrogen and oxygen atoms in total. The van der Waals surface area contributed by atoms with Gasteiger partial charge in [-0.1, -0.05) is 24.3 Å². The van der Waals surface area contributed by atoms with Gasteiger partial charge in [0, 0.05) is 49.8 Å². The van der Waals surface area contributed by atoms with Crippen LogP contribution in [0.1, 0.15) is 11.1 Å². The Labute approximate surface area is 160 Å². The summed E-state index contributed by atoms with van der Waals surface area (Å²) in [5, 5.41) is 4.83. The monoisotopic (exact) mass is 365 g/mol. The first-order valence-corrected chi connectivity index (χ1v) is 9.66. The molecule has 1 aliphatic rings. The lowest BCUT2D eigenvalue weighted by Crippen LogP contribution is -2.38. The van der Waals surface area contributed by atoms with Crippen molar-refractivity contribution in [3.63, 3.8) is 0 Å². The molecule has 2 N–H and O–H groups in total. The maximum Gasteiger partial charge on any atom is 0.119 e. The molecule has 142 valence electrons. The first-order valence-electron chi connectivity index (χ1n) is 9.66. The number of aromatic nitrogens is 1. The molecule has 0 amide bonds. The Hall–Kier alpha value is -2.34. The Morgan fingerprint density at radius 1 is 1.04 bits per heavy atom. The summed E-state index contributed by atoms with van der Waals surface area (Å²) in [7, 11) is 0. The minimum atomic E-state index is 0.715. The summed E-state index contributed by atoms with van der Waals surface area (Å²) in [5.41, 5.74) is 3.73. The van der Waals surface area contributed by atoms with Gasteiger partial charge in [-0.3, -0.25) is 4.90 Å². The minimum absolute atomic E-state index is 0.715. The van der Waals surface area contributed by atoms with Crippen molar-refractivity contribution >= 4 is 10.9 Å². The average Bonchev–Trinajstić information content (AvgIpc) is 3.19. The van der Waals surface area contributed by atoms with Crippen LogP contribution in [0.3, 0.4) is 0 Å². The Morgan fingerprint density at radius 2 is 1.93 bits per heavy atom. The third-order valence-corrected chi connectivity index (χ3v) is 5.01. The van der Waals surface area contributed by atoms with Crippen LogP contribution < -0.4 is 10.1 Å². The minimum Gasteiger partial charge on any atom is -0.492 e. The Morgan fingerprint density at radius 3 is 2.85 bits per heavy atom. The second-order valence-electron chi connectivity index (χ2n) is 6.91. The third-order valence-electron chi connectivity index (χ3n) is 5.01. The summed E-state index contributed by atoms with van der Waals surface area (Å²) < 4.78 is 11.3. The smallest absolute Gasteiger partial charge is 0.119 e. The standard InChI is InChI=1S/C22H27N3O2/c1-3-18(15-20(5-1)27-14-11-25-9-12-26-13-10-25)16-23-17-19-4-2-6-22-21(19)7-8-24-22/h1-8,15,23-24H,9-14,16-17H2. The van der Waals surface area contributed by atoms with Crippen LogP contribution in [-0.4, -0.2) is 49.3 Å². The molecule has 0 saturated carbocycles. The molecule has 0 spiro atoms. The summed E-state index contributed by atoms with van der Waals surface area (Å²) >= 11 is 0. The van der Waals surface area contributed by atoms with Crippen LogP contribution in [0.2, 0.25) is 0 Å². The van der Waals surface area contributed by atoms with Crippen molar-refractivity contribution < 1.29 is 9.47 Å². The van der Waals surface area contributed by atoms with Crippen LogP contribution in [0, 0.1) is 0 Å². The van der Waals surface area contributed by atoms with E-state index in [1.807, 2.05) is 12.3 Å². The highest BCUT2D eigenvalue weighted by atomic mass is 16.5. The number of rotatable bonds is 8. The lowest BCUT2D eigenvalue weighted by atomic mass is 10.1. The summed E-state index contributed by atoms with van der Waals surface area (Å²) in [6, 6.07) is 16.9. The zero-order chi connectivity index (χ0) is 18.3. The Balaban J connectivity index is 1.25. The Bertz CT molecular complexity index is 855. The lowest BCUT2D eigenvalue weighted by molar-refractivity contribution is 0.0322. The van der Waals surface area contributed by atoms with Crippen LogP contribution in [0.15, 0.2) is 54.7 Å². The second-order valence-corrected chi connectivity index (χ2v) is 6.91. The van der Waals surface area contributed by atoms with Crippen LogP contribution in [0.25, 0.3) is 10.9 Å². The molecule has 0 unspecified atom stereocenters. The van der Waals surface area contributed by atoms with E-state index in [0.29, 0.717) is 6.61 Å². The van der Waals surface area contributed by atoms with Crippen molar-refractivity contribution in [2.45, 2.75) is 13.1 Å². The van der Waals surface area contributed by atoms with Gasteiger partial charge in [-0.2, -0.15) is 0 Å². The summed E-state index contributed by atoms with van der Waals surface area (Å²) in [4.78, 5) is 5.65. The fourth-order valence-corrected chi connectivity index (χ4v) is 3.51. The number of morpholine rings is 1. The van der Waals surface area contributed by atoms with Crippen molar-refractivity contribution in [3.05, 3.63) is 65.9 Å². The zero-order valence-electron chi connectivity index (χ0n) is 15.6. The summed E-state index contributed by atoms with van der Waals surface area (Å²) in [6.07, 6.45) is 1.99. The molecule has 2 aromatic carbocycles. The highest BCUT2D eigenvalue weighted by Gasteiger charge is 2.09. The molecule has 0 bridgehead atoms. The molecule has 0 radical (unpaired) electrons. The molecule has 3 aromatic rings. The quantitative estimate of drug-likeness (QED) is 0.644. The van der Waals surface area contributed by atoms with Gasteiger partial charge in [0.1, 0.15) is 12.4 Å².